The molecule has 0 bridgehead atoms. The molecule has 0 saturated heterocycles. The summed E-state index contributed by atoms with van der Waals surface area (Å²) >= 11 is 0. The zero-order valence-corrected chi connectivity index (χ0v) is 10.4. The minimum Gasteiger partial charge on any atom is -0.353 e. The van der Waals surface area contributed by atoms with Gasteiger partial charge in [-0.25, -0.2) is 0 Å². The summed E-state index contributed by atoms with van der Waals surface area (Å²) in [7, 11) is 0. The Labute approximate surface area is 113 Å². The zero-order chi connectivity index (χ0) is 15.3. The maximum atomic E-state index is 12.3. The Hall–Kier alpha value is -2.62. The first-order valence-corrected chi connectivity index (χ1v) is 5.39. The maximum absolute atomic E-state index is 12.3. The fourth-order valence-corrected chi connectivity index (χ4v) is 1.27. The standard InChI is InChI=1S/C13H10F3N3O/c1-8(20)11(6-12(18)13(14,15)16)19-10-4-2-3-9(5-10)7-17/h2-6,18-19H,1H3/b11-6-,18-12?. The number of nitrogens with one attached hydrogen (secondary N) is 2. The van der Waals surface area contributed by atoms with E-state index in [1.165, 1.54) is 24.3 Å². The van der Waals surface area contributed by atoms with Crippen LogP contribution in [-0.2, 0) is 4.79 Å². The van der Waals surface area contributed by atoms with Crippen LogP contribution in [0, 0.1) is 16.7 Å². The number of hydrogen-bond acceptors (Lipinski definition) is 4. The lowest BCUT2D eigenvalue weighted by Gasteiger charge is -2.10. The van der Waals surface area contributed by atoms with E-state index in [2.05, 4.69) is 5.32 Å². The summed E-state index contributed by atoms with van der Waals surface area (Å²) in [5, 5.41) is 18.1. The summed E-state index contributed by atoms with van der Waals surface area (Å²) in [5.41, 5.74) is -1.42. The van der Waals surface area contributed by atoms with Gasteiger partial charge < -0.3 is 5.32 Å². The first-order chi connectivity index (χ1) is 9.24. The van der Waals surface area contributed by atoms with Crippen molar-refractivity contribution in [1.29, 1.82) is 10.7 Å². The van der Waals surface area contributed by atoms with Gasteiger partial charge in [0.15, 0.2) is 5.78 Å². The van der Waals surface area contributed by atoms with Gasteiger partial charge in [-0.2, -0.15) is 18.4 Å². The van der Waals surface area contributed by atoms with Crippen LogP contribution in [0.4, 0.5) is 18.9 Å². The molecule has 104 valence electrons. The number of anilines is 1. The lowest BCUT2D eigenvalue weighted by molar-refractivity contribution is -0.113. The van der Waals surface area contributed by atoms with E-state index in [9.17, 15) is 18.0 Å². The average Bonchev–Trinajstić information content (AvgIpc) is 2.36. The Balaban J connectivity index is 3.05. The number of nitriles is 1. The predicted octanol–water partition coefficient (Wildman–Crippen LogP) is 3.03. The van der Waals surface area contributed by atoms with Crippen molar-refractivity contribution in [2.75, 3.05) is 5.32 Å². The molecule has 0 atom stereocenters. The van der Waals surface area contributed by atoms with Gasteiger partial charge in [0, 0.05) is 12.6 Å². The van der Waals surface area contributed by atoms with E-state index < -0.39 is 17.7 Å². The van der Waals surface area contributed by atoms with Crippen LogP contribution in [0.1, 0.15) is 12.5 Å². The fraction of sp³-hybridized carbons (Fsp3) is 0.154. The van der Waals surface area contributed by atoms with Gasteiger partial charge in [-0.05, 0) is 24.3 Å². The van der Waals surface area contributed by atoms with E-state index in [0.717, 1.165) is 6.92 Å². The maximum Gasteiger partial charge on any atom is 0.432 e. The number of carbonyl (C=O) groups is 1. The monoisotopic (exact) mass is 281 g/mol. The molecule has 1 aromatic carbocycles. The van der Waals surface area contributed by atoms with Gasteiger partial charge in [-0.15, -0.1) is 0 Å². The molecule has 1 rings (SSSR count). The molecule has 0 aliphatic carbocycles. The highest BCUT2D eigenvalue weighted by Gasteiger charge is 2.33. The Morgan fingerprint density at radius 2 is 2.10 bits per heavy atom. The summed E-state index contributed by atoms with van der Waals surface area (Å²) in [6, 6.07) is 7.78. The number of nitrogens with zero attached hydrogens (tertiary/aromatic N) is 1. The van der Waals surface area contributed by atoms with Crippen molar-refractivity contribution in [2.45, 2.75) is 13.1 Å². The van der Waals surface area contributed by atoms with Crippen molar-refractivity contribution >= 4 is 17.2 Å². The van der Waals surface area contributed by atoms with E-state index in [-0.39, 0.29) is 5.70 Å². The van der Waals surface area contributed by atoms with E-state index in [4.69, 9.17) is 10.7 Å². The molecule has 2 N–H and O–H groups in total. The number of carbonyl (C=O) groups excluding carboxylic acids is 1. The molecule has 1 aromatic rings. The van der Waals surface area contributed by atoms with Gasteiger partial charge >= 0.3 is 6.18 Å². The van der Waals surface area contributed by atoms with Crippen LogP contribution in [0.3, 0.4) is 0 Å². The second-order valence-electron chi connectivity index (χ2n) is 3.84. The molecule has 0 aliphatic heterocycles. The molecular weight excluding hydrogens is 271 g/mol. The third kappa shape index (κ3) is 4.24. The molecule has 0 aliphatic rings. The molecule has 0 radical (unpaired) electrons. The zero-order valence-electron chi connectivity index (χ0n) is 10.4. The molecule has 0 amide bonds. The molecule has 7 heteroatoms. The van der Waals surface area contributed by atoms with Crippen molar-refractivity contribution in [3.05, 3.63) is 41.6 Å². The van der Waals surface area contributed by atoms with Crippen LogP contribution >= 0.6 is 0 Å². The molecule has 0 spiro atoms. The first kappa shape index (κ1) is 15.4. The summed E-state index contributed by atoms with van der Waals surface area (Å²) in [5.74, 6) is -0.652. The second kappa shape index (κ2) is 6.02. The highest BCUT2D eigenvalue weighted by Crippen LogP contribution is 2.19. The molecule has 0 unspecified atom stereocenters. The van der Waals surface area contributed by atoms with Gasteiger partial charge in [0.05, 0.1) is 17.3 Å². The van der Waals surface area contributed by atoms with Crippen molar-refractivity contribution in [3.8, 4) is 6.07 Å². The third-order valence-corrected chi connectivity index (χ3v) is 2.24. The summed E-state index contributed by atoms with van der Waals surface area (Å²) in [6.07, 6.45) is -4.40. The Kier molecular flexibility index (Phi) is 4.64. The number of ketones is 1. The van der Waals surface area contributed by atoms with Gasteiger partial charge in [-0.3, -0.25) is 10.2 Å². The van der Waals surface area contributed by atoms with E-state index in [1.54, 1.807) is 0 Å². The summed E-state index contributed by atoms with van der Waals surface area (Å²) in [4.78, 5) is 11.3. The van der Waals surface area contributed by atoms with Crippen LogP contribution < -0.4 is 5.32 Å². The molecule has 0 saturated carbocycles. The first-order valence-electron chi connectivity index (χ1n) is 5.39. The van der Waals surface area contributed by atoms with E-state index >= 15 is 0 Å². The predicted molar refractivity (Wildman–Crippen MR) is 67.3 cm³/mol. The number of rotatable bonds is 4. The Morgan fingerprint density at radius 1 is 1.45 bits per heavy atom. The van der Waals surface area contributed by atoms with Crippen molar-refractivity contribution in [2.24, 2.45) is 0 Å². The normalized spacial score (nSPS) is 11.7. The van der Waals surface area contributed by atoms with E-state index in [1.807, 2.05) is 6.07 Å². The highest BCUT2D eigenvalue weighted by molar-refractivity contribution is 6.06. The van der Waals surface area contributed by atoms with Crippen molar-refractivity contribution in [3.63, 3.8) is 0 Å². The highest BCUT2D eigenvalue weighted by atomic mass is 19.4. The van der Waals surface area contributed by atoms with Crippen LogP contribution in [0.25, 0.3) is 0 Å². The number of Topliss-reactive ketones (excluding diaryl/α,β-unsaturated/α-hetero) is 1. The molecular formula is C13H10F3N3O. The Bertz CT molecular complexity index is 612. The van der Waals surface area contributed by atoms with Crippen LogP contribution in [0.15, 0.2) is 36.0 Å². The Morgan fingerprint density at radius 3 is 2.60 bits per heavy atom. The number of alkyl halides is 3. The van der Waals surface area contributed by atoms with Crippen molar-refractivity contribution in [1.82, 2.24) is 0 Å². The third-order valence-electron chi connectivity index (χ3n) is 2.24. The number of benzene rings is 1. The van der Waals surface area contributed by atoms with Crippen LogP contribution in [-0.4, -0.2) is 17.7 Å². The minimum absolute atomic E-state index is 0.292. The molecule has 0 fully saturated rings. The SMILES string of the molecule is CC(=O)/C(=C/C(=N)C(F)(F)F)Nc1cccc(C#N)c1. The van der Waals surface area contributed by atoms with Gasteiger partial charge in [-0.1, -0.05) is 6.07 Å². The molecule has 20 heavy (non-hydrogen) atoms. The number of allylic oxidation sites excluding steroid dienone is 2. The van der Waals surface area contributed by atoms with Gasteiger partial charge in [0.25, 0.3) is 0 Å². The van der Waals surface area contributed by atoms with Crippen molar-refractivity contribution < 1.29 is 18.0 Å². The fourth-order valence-electron chi connectivity index (χ4n) is 1.27. The average molecular weight is 281 g/mol. The van der Waals surface area contributed by atoms with Gasteiger partial charge in [0.1, 0.15) is 5.71 Å². The molecule has 0 aromatic heterocycles. The number of halogens is 3. The molecule has 0 heterocycles. The van der Waals surface area contributed by atoms with Gasteiger partial charge in [0.2, 0.25) is 0 Å². The quantitative estimate of drug-likeness (QED) is 0.658. The molecule has 4 nitrogen and oxygen atoms in total. The largest absolute Gasteiger partial charge is 0.432 e. The minimum atomic E-state index is -4.82. The van der Waals surface area contributed by atoms with Crippen LogP contribution in [0.2, 0.25) is 0 Å². The smallest absolute Gasteiger partial charge is 0.353 e. The topological polar surface area (TPSA) is 76.7 Å². The second-order valence-corrected chi connectivity index (χ2v) is 3.84. The summed E-state index contributed by atoms with van der Waals surface area (Å²) in [6.45, 7) is 1.08. The summed E-state index contributed by atoms with van der Waals surface area (Å²) < 4.78 is 36.8. The lowest BCUT2D eigenvalue weighted by Crippen LogP contribution is -2.22. The van der Waals surface area contributed by atoms with Crippen LogP contribution in [0.5, 0.6) is 0 Å². The van der Waals surface area contributed by atoms with E-state index in [0.29, 0.717) is 17.3 Å². The lowest BCUT2D eigenvalue weighted by atomic mass is 10.2. The number of hydrogen-bond donors (Lipinski definition) is 2.